The SMILES string of the molecule is CC(=O)N(CCNC(=O)Cc1ccccc1)c1cccc(Cl)c1Cl. The van der Waals surface area contributed by atoms with Gasteiger partial charge in [-0.1, -0.05) is 59.6 Å². The van der Waals surface area contributed by atoms with Crippen LogP contribution in [-0.4, -0.2) is 24.9 Å². The zero-order chi connectivity index (χ0) is 17.5. The van der Waals surface area contributed by atoms with Gasteiger partial charge in [0.2, 0.25) is 11.8 Å². The Bertz CT molecular complexity index is 720. The molecule has 0 atom stereocenters. The van der Waals surface area contributed by atoms with Crippen LogP contribution in [0.15, 0.2) is 48.5 Å². The Hall–Kier alpha value is -2.04. The summed E-state index contributed by atoms with van der Waals surface area (Å²) in [5, 5.41) is 3.52. The van der Waals surface area contributed by atoms with Crippen molar-refractivity contribution in [2.45, 2.75) is 13.3 Å². The zero-order valence-electron chi connectivity index (χ0n) is 13.3. The van der Waals surface area contributed by atoms with E-state index in [-0.39, 0.29) is 11.8 Å². The Morgan fingerprint density at radius 1 is 1.04 bits per heavy atom. The van der Waals surface area contributed by atoms with Gasteiger partial charge >= 0.3 is 0 Å². The summed E-state index contributed by atoms with van der Waals surface area (Å²) in [6.45, 7) is 2.09. The number of nitrogens with one attached hydrogen (secondary N) is 1. The largest absolute Gasteiger partial charge is 0.354 e. The number of nitrogens with zero attached hydrogens (tertiary/aromatic N) is 1. The van der Waals surface area contributed by atoms with E-state index in [0.29, 0.717) is 35.2 Å². The van der Waals surface area contributed by atoms with Gasteiger partial charge in [-0.15, -0.1) is 0 Å². The lowest BCUT2D eigenvalue weighted by Gasteiger charge is -2.23. The van der Waals surface area contributed by atoms with Crippen molar-refractivity contribution in [3.63, 3.8) is 0 Å². The van der Waals surface area contributed by atoms with Crippen LogP contribution in [0, 0.1) is 0 Å². The topological polar surface area (TPSA) is 49.4 Å². The first-order chi connectivity index (χ1) is 11.5. The molecule has 1 N–H and O–H groups in total. The van der Waals surface area contributed by atoms with Crippen molar-refractivity contribution in [1.29, 1.82) is 0 Å². The molecule has 2 aromatic carbocycles. The van der Waals surface area contributed by atoms with Crippen LogP contribution in [0.25, 0.3) is 0 Å². The number of hydrogen-bond donors (Lipinski definition) is 1. The van der Waals surface area contributed by atoms with Crippen LogP contribution in [0.1, 0.15) is 12.5 Å². The van der Waals surface area contributed by atoms with Crippen molar-refractivity contribution in [2.75, 3.05) is 18.0 Å². The molecule has 2 amide bonds. The Morgan fingerprint density at radius 2 is 1.75 bits per heavy atom. The van der Waals surface area contributed by atoms with E-state index in [4.69, 9.17) is 23.2 Å². The molecule has 0 aliphatic heterocycles. The molecular weight excluding hydrogens is 347 g/mol. The average molecular weight is 365 g/mol. The number of amides is 2. The van der Waals surface area contributed by atoms with Gasteiger partial charge in [-0.25, -0.2) is 0 Å². The van der Waals surface area contributed by atoms with Crippen molar-refractivity contribution in [3.05, 3.63) is 64.1 Å². The van der Waals surface area contributed by atoms with Gasteiger partial charge in [0.05, 0.1) is 22.2 Å². The van der Waals surface area contributed by atoms with E-state index in [1.54, 1.807) is 18.2 Å². The molecule has 24 heavy (non-hydrogen) atoms. The van der Waals surface area contributed by atoms with Crippen LogP contribution in [0.3, 0.4) is 0 Å². The molecular formula is C18H18Cl2N2O2. The van der Waals surface area contributed by atoms with E-state index in [2.05, 4.69) is 5.32 Å². The smallest absolute Gasteiger partial charge is 0.224 e. The maximum atomic E-state index is 12.0. The molecule has 0 aliphatic carbocycles. The molecule has 0 saturated carbocycles. The molecule has 2 aromatic rings. The maximum absolute atomic E-state index is 12.0. The Kier molecular flexibility index (Phi) is 6.64. The molecule has 0 bridgehead atoms. The van der Waals surface area contributed by atoms with Crippen LogP contribution < -0.4 is 10.2 Å². The van der Waals surface area contributed by atoms with E-state index in [1.165, 1.54) is 11.8 Å². The highest BCUT2D eigenvalue weighted by Crippen LogP contribution is 2.32. The van der Waals surface area contributed by atoms with Gasteiger partial charge in [0.1, 0.15) is 0 Å². The summed E-state index contributed by atoms with van der Waals surface area (Å²) in [4.78, 5) is 25.3. The average Bonchev–Trinajstić information content (AvgIpc) is 2.55. The summed E-state index contributed by atoms with van der Waals surface area (Å²) in [6, 6.07) is 14.6. The quantitative estimate of drug-likeness (QED) is 0.849. The Morgan fingerprint density at radius 3 is 2.42 bits per heavy atom. The first-order valence-corrected chi connectivity index (χ1v) is 8.27. The molecule has 0 unspecified atom stereocenters. The lowest BCUT2D eigenvalue weighted by Crippen LogP contribution is -2.38. The normalized spacial score (nSPS) is 10.3. The van der Waals surface area contributed by atoms with Gasteiger partial charge < -0.3 is 10.2 Å². The minimum atomic E-state index is -0.170. The summed E-state index contributed by atoms with van der Waals surface area (Å²) in [6.07, 6.45) is 0.304. The molecule has 126 valence electrons. The van der Waals surface area contributed by atoms with Crippen LogP contribution in [0.5, 0.6) is 0 Å². The highest BCUT2D eigenvalue weighted by molar-refractivity contribution is 6.44. The molecule has 4 nitrogen and oxygen atoms in total. The van der Waals surface area contributed by atoms with Crippen molar-refractivity contribution < 1.29 is 9.59 Å². The fraction of sp³-hybridized carbons (Fsp3) is 0.222. The number of halogens is 2. The zero-order valence-corrected chi connectivity index (χ0v) is 14.8. The lowest BCUT2D eigenvalue weighted by molar-refractivity contribution is -0.121. The monoisotopic (exact) mass is 364 g/mol. The van der Waals surface area contributed by atoms with Crippen LogP contribution in [-0.2, 0) is 16.0 Å². The summed E-state index contributed by atoms with van der Waals surface area (Å²) in [7, 11) is 0. The highest BCUT2D eigenvalue weighted by Gasteiger charge is 2.16. The first-order valence-electron chi connectivity index (χ1n) is 7.52. The van der Waals surface area contributed by atoms with Crippen LogP contribution in [0.4, 0.5) is 5.69 Å². The first kappa shape index (κ1) is 18.3. The number of carbonyl (C=O) groups excluding carboxylic acids is 2. The molecule has 0 radical (unpaired) electrons. The lowest BCUT2D eigenvalue weighted by atomic mass is 10.1. The predicted molar refractivity (Wildman–Crippen MR) is 97.6 cm³/mol. The molecule has 0 aromatic heterocycles. The van der Waals surface area contributed by atoms with Gasteiger partial charge in [-0.3, -0.25) is 9.59 Å². The van der Waals surface area contributed by atoms with Crippen molar-refractivity contribution in [1.82, 2.24) is 5.32 Å². The minimum absolute atomic E-state index is 0.0955. The van der Waals surface area contributed by atoms with Gasteiger partial charge in [-0.2, -0.15) is 0 Å². The summed E-state index contributed by atoms with van der Waals surface area (Å²) < 4.78 is 0. The van der Waals surface area contributed by atoms with Crippen molar-refractivity contribution >= 4 is 40.7 Å². The van der Waals surface area contributed by atoms with E-state index in [9.17, 15) is 9.59 Å². The molecule has 0 heterocycles. The van der Waals surface area contributed by atoms with Crippen molar-refractivity contribution in [2.24, 2.45) is 0 Å². The number of carbonyl (C=O) groups is 2. The van der Waals surface area contributed by atoms with Crippen LogP contribution >= 0.6 is 23.2 Å². The minimum Gasteiger partial charge on any atom is -0.354 e. The molecule has 0 fully saturated rings. The third kappa shape index (κ3) is 4.98. The Labute approximate surface area is 151 Å². The number of anilines is 1. The van der Waals surface area contributed by atoms with Gasteiger partial charge in [0.25, 0.3) is 0 Å². The third-order valence-corrected chi connectivity index (χ3v) is 4.28. The Balaban J connectivity index is 1.94. The second-order valence-electron chi connectivity index (χ2n) is 5.26. The van der Waals surface area contributed by atoms with E-state index >= 15 is 0 Å². The summed E-state index contributed by atoms with van der Waals surface area (Å²) in [5.41, 5.74) is 1.48. The van der Waals surface area contributed by atoms with Gasteiger partial charge in [0, 0.05) is 20.0 Å². The summed E-state index contributed by atoms with van der Waals surface area (Å²) in [5.74, 6) is -0.265. The molecule has 0 spiro atoms. The number of benzene rings is 2. The number of hydrogen-bond acceptors (Lipinski definition) is 2. The molecule has 0 saturated heterocycles. The van der Waals surface area contributed by atoms with E-state index in [1.807, 2.05) is 30.3 Å². The fourth-order valence-corrected chi connectivity index (χ4v) is 2.70. The van der Waals surface area contributed by atoms with Crippen LogP contribution in [0.2, 0.25) is 10.0 Å². The third-order valence-electron chi connectivity index (χ3n) is 3.47. The standard InChI is InChI=1S/C18H18Cl2N2O2/c1-13(23)22(16-9-5-8-15(19)18(16)20)11-10-21-17(24)12-14-6-3-2-4-7-14/h2-9H,10-12H2,1H3,(H,21,24). The van der Waals surface area contributed by atoms with Gasteiger partial charge in [0.15, 0.2) is 0 Å². The fourth-order valence-electron chi connectivity index (χ4n) is 2.30. The van der Waals surface area contributed by atoms with Crippen molar-refractivity contribution in [3.8, 4) is 0 Å². The molecule has 2 rings (SSSR count). The molecule has 0 aliphatic rings. The second-order valence-corrected chi connectivity index (χ2v) is 6.04. The van der Waals surface area contributed by atoms with Gasteiger partial charge in [-0.05, 0) is 17.7 Å². The van der Waals surface area contributed by atoms with E-state index in [0.717, 1.165) is 5.56 Å². The number of rotatable bonds is 6. The summed E-state index contributed by atoms with van der Waals surface area (Å²) >= 11 is 12.2. The molecule has 6 heteroatoms. The highest BCUT2D eigenvalue weighted by atomic mass is 35.5. The second kappa shape index (κ2) is 8.71. The maximum Gasteiger partial charge on any atom is 0.224 e. The predicted octanol–water partition coefficient (Wildman–Crippen LogP) is 3.71. The van der Waals surface area contributed by atoms with E-state index < -0.39 is 0 Å².